The monoisotopic (exact) mass is 254 g/mol. The van der Waals surface area contributed by atoms with E-state index < -0.39 is 0 Å². The summed E-state index contributed by atoms with van der Waals surface area (Å²) >= 11 is 0.289. The van der Waals surface area contributed by atoms with Crippen LogP contribution in [0.1, 0.15) is 0 Å². The first kappa shape index (κ1) is 6.77. The molecule has 0 radical (unpaired) electrons. The van der Waals surface area contributed by atoms with E-state index in [9.17, 15) is 0 Å². The third-order valence-electron chi connectivity index (χ3n) is 1.49. The summed E-state index contributed by atoms with van der Waals surface area (Å²) in [5.74, 6) is 0. The summed E-state index contributed by atoms with van der Waals surface area (Å²) in [7, 11) is 0. The summed E-state index contributed by atoms with van der Waals surface area (Å²) in [5.41, 5.74) is 0. The van der Waals surface area contributed by atoms with Gasteiger partial charge in [-0.25, -0.2) is 0 Å². The normalized spacial score (nSPS) is 26.4. The van der Waals surface area contributed by atoms with Gasteiger partial charge in [-0.2, -0.15) is 0 Å². The topological polar surface area (TPSA) is 0 Å². The molecule has 0 saturated carbocycles. The van der Waals surface area contributed by atoms with Crippen molar-refractivity contribution in [2.24, 2.45) is 0 Å². The molecule has 0 aromatic heterocycles. The van der Waals surface area contributed by atoms with Gasteiger partial charge >= 0.3 is 74.3 Å². The Bertz CT molecular complexity index is 228. The van der Waals surface area contributed by atoms with Crippen LogP contribution in [0.25, 0.3) is 0 Å². The van der Waals surface area contributed by atoms with Crippen LogP contribution in [0, 0.1) is 0 Å². The predicted molar refractivity (Wildman–Crippen MR) is 48.7 cm³/mol. The zero-order chi connectivity index (χ0) is 6.81. The second-order valence-corrected chi connectivity index (χ2v) is 7.04. The average Bonchev–Trinajstić information content (AvgIpc) is 2.59. The summed E-state index contributed by atoms with van der Waals surface area (Å²) in [6.07, 6.45) is 9.01. The van der Waals surface area contributed by atoms with Crippen molar-refractivity contribution in [3.8, 4) is 0 Å². The van der Waals surface area contributed by atoms with Crippen LogP contribution in [0.3, 0.4) is 0 Å². The maximum atomic E-state index is 2.35. The van der Waals surface area contributed by atoms with Gasteiger partial charge in [-0.05, 0) is 0 Å². The summed E-state index contributed by atoms with van der Waals surface area (Å²) in [4.78, 5) is 4.70. The van der Waals surface area contributed by atoms with Crippen molar-refractivity contribution in [2.45, 2.75) is 0 Å². The van der Waals surface area contributed by atoms with E-state index in [2.05, 4.69) is 34.0 Å². The first-order valence-corrected chi connectivity index (χ1v) is 7.76. The first-order chi connectivity index (χ1) is 4.97. The van der Waals surface area contributed by atoms with Gasteiger partial charge in [0.15, 0.2) is 0 Å². The van der Waals surface area contributed by atoms with E-state index in [4.69, 9.17) is 0 Å². The Morgan fingerprint density at radius 2 is 1.30 bits per heavy atom. The molecule has 2 heteroatoms. The molecule has 0 nitrogen and oxygen atoms in total. The molecule has 2 heterocycles. The molecule has 2 aliphatic heterocycles. The van der Waals surface area contributed by atoms with Crippen molar-refractivity contribution in [1.29, 1.82) is 0 Å². The standard InChI is InChI=1S/C8H8As2/c1-3-7(9-5-1)8-4-2-6-10-8/h1-6,9-10H. The second kappa shape index (κ2) is 2.99. The van der Waals surface area contributed by atoms with Crippen LogP contribution in [0.5, 0.6) is 0 Å². The Hall–Kier alpha value is 0.0769. The van der Waals surface area contributed by atoms with Crippen LogP contribution in [-0.2, 0) is 0 Å². The molecule has 2 unspecified atom stereocenters. The molecule has 0 bridgehead atoms. The third kappa shape index (κ3) is 1.24. The van der Waals surface area contributed by atoms with Crippen molar-refractivity contribution in [3.63, 3.8) is 0 Å². The van der Waals surface area contributed by atoms with Crippen LogP contribution in [0.15, 0.2) is 42.8 Å². The summed E-state index contributed by atoms with van der Waals surface area (Å²) in [6, 6.07) is 0. The van der Waals surface area contributed by atoms with E-state index in [0.29, 0.717) is 0 Å². The summed E-state index contributed by atoms with van der Waals surface area (Å²) < 4.78 is 3.34. The zero-order valence-corrected chi connectivity index (χ0v) is 9.66. The SMILES string of the molecule is C1=C[AsH]C(C2=CC=C[AsH]2)=C1. The molecule has 0 aromatic carbocycles. The molecule has 0 spiro atoms. The van der Waals surface area contributed by atoms with Crippen LogP contribution in [0.4, 0.5) is 0 Å². The Morgan fingerprint density at radius 1 is 0.800 bits per heavy atom. The van der Waals surface area contributed by atoms with Gasteiger partial charge in [-0.1, -0.05) is 0 Å². The molecule has 50 valence electrons. The van der Waals surface area contributed by atoms with Crippen molar-refractivity contribution in [3.05, 3.63) is 42.8 Å². The minimum atomic E-state index is 0.145. The fourth-order valence-corrected chi connectivity index (χ4v) is 5.94. The maximum absolute atomic E-state index is 2.35. The van der Waals surface area contributed by atoms with Gasteiger partial charge in [0, 0.05) is 0 Å². The number of hydrogen-bond donors (Lipinski definition) is 0. The third-order valence-corrected chi connectivity index (χ3v) is 7.23. The fourth-order valence-electron chi connectivity index (χ4n) is 0.996. The molecule has 0 N–H and O–H groups in total. The van der Waals surface area contributed by atoms with E-state index in [1.807, 2.05) is 0 Å². The molecule has 0 fully saturated rings. The van der Waals surface area contributed by atoms with E-state index in [1.54, 1.807) is 8.72 Å². The van der Waals surface area contributed by atoms with E-state index in [0.717, 1.165) is 0 Å². The summed E-state index contributed by atoms with van der Waals surface area (Å²) in [5, 5.41) is 0. The van der Waals surface area contributed by atoms with Gasteiger partial charge < -0.3 is 0 Å². The average molecular weight is 254 g/mol. The van der Waals surface area contributed by atoms with Crippen molar-refractivity contribution >= 4 is 31.5 Å². The van der Waals surface area contributed by atoms with E-state index in [1.165, 1.54) is 0 Å². The predicted octanol–water partition coefficient (Wildman–Crippen LogP) is 0.682. The Labute approximate surface area is 74.1 Å². The van der Waals surface area contributed by atoms with Crippen molar-refractivity contribution < 1.29 is 0 Å². The van der Waals surface area contributed by atoms with E-state index in [-0.39, 0.29) is 31.5 Å². The van der Waals surface area contributed by atoms with Crippen LogP contribution in [-0.4, -0.2) is 31.5 Å². The second-order valence-electron chi connectivity index (χ2n) is 2.17. The molecule has 2 atom stereocenters. The molecular formula is C8H8As2. The quantitative estimate of drug-likeness (QED) is 0.604. The molecule has 2 rings (SSSR count). The van der Waals surface area contributed by atoms with Crippen LogP contribution < -0.4 is 0 Å². The fraction of sp³-hybridized carbons (Fsp3) is 0. The number of allylic oxidation sites excluding steroid dienone is 6. The van der Waals surface area contributed by atoms with Crippen molar-refractivity contribution in [1.82, 2.24) is 0 Å². The molecule has 0 amide bonds. The van der Waals surface area contributed by atoms with Crippen LogP contribution in [0.2, 0.25) is 0 Å². The van der Waals surface area contributed by atoms with Gasteiger partial charge in [0.05, 0.1) is 0 Å². The van der Waals surface area contributed by atoms with Gasteiger partial charge in [-0.15, -0.1) is 0 Å². The molecule has 0 aliphatic carbocycles. The zero-order valence-electron chi connectivity index (χ0n) is 5.46. The Kier molecular flexibility index (Phi) is 2.02. The number of hydrogen-bond acceptors (Lipinski definition) is 0. The minimum absolute atomic E-state index is 0.145. The number of rotatable bonds is 1. The van der Waals surface area contributed by atoms with Crippen molar-refractivity contribution in [2.75, 3.05) is 0 Å². The Morgan fingerprint density at radius 3 is 1.60 bits per heavy atom. The molecule has 0 saturated heterocycles. The van der Waals surface area contributed by atoms with Crippen LogP contribution >= 0.6 is 0 Å². The van der Waals surface area contributed by atoms with Gasteiger partial charge in [0.25, 0.3) is 0 Å². The van der Waals surface area contributed by atoms with E-state index >= 15 is 0 Å². The summed E-state index contributed by atoms with van der Waals surface area (Å²) in [6.45, 7) is 0. The molecule has 0 aromatic rings. The molecular weight excluding hydrogens is 246 g/mol. The Balaban J connectivity index is 2.15. The van der Waals surface area contributed by atoms with Gasteiger partial charge in [0.2, 0.25) is 0 Å². The first-order valence-electron chi connectivity index (χ1n) is 3.24. The molecule has 2 aliphatic rings. The van der Waals surface area contributed by atoms with Gasteiger partial charge in [0.1, 0.15) is 0 Å². The van der Waals surface area contributed by atoms with Gasteiger partial charge in [-0.3, -0.25) is 0 Å². The molecule has 10 heavy (non-hydrogen) atoms.